The zero-order chi connectivity index (χ0) is 17.9. The van der Waals surface area contributed by atoms with Gasteiger partial charge in [-0.05, 0) is 37.5 Å². The van der Waals surface area contributed by atoms with Crippen LogP contribution in [0.1, 0.15) is 61.1 Å². The summed E-state index contributed by atoms with van der Waals surface area (Å²) in [6, 6.07) is 5.96. The van der Waals surface area contributed by atoms with Crippen LogP contribution in [-0.4, -0.2) is 11.0 Å². The zero-order valence-electron chi connectivity index (χ0n) is 15.4. The van der Waals surface area contributed by atoms with Gasteiger partial charge in [-0.3, -0.25) is 0 Å². The number of carbonyl (C=O) groups is 1. The minimum absolute atomic E-state index is 0.0366. The lowest BCUT2D eigenvalue weighted by Crippen LogP contribution is -2.37. The molecule has 0 bridgehead atoms. The summed E-state index contributed by atoms with van der Waals surface area (Å²) in [7, 11) is 0. The van der Waals surface area contributed by atoms with Gasteiger partial charge in [-0.25, -0.2) is 9.78 Å². The van der Waals surface area contributed by atoms with Crippen LogP contribution in [0.2, 0.25) is 0 Å². The fraction of sp³-hybridized carbons (Fsp3) is 0.474. The number of benzene rings is 1. The normalized spacial score (nSPS) is 12.8. The maximum Gasteiger partial charge on any atom is 0.315 e. The Morgan fingerprint density at radius 3 is 2.62 bits per heavy atom. The Morgan fingerprint density at radius 1 is 1.29 bits per heavy atom. The first-order valence-corrected chi connectivity index (χ1v) is 9.12. The molecule has 0 aliphatic carbocycles. The molecule has 1 aromatic heterocycles. The van der Waals surface area contributed by atoms with Gasteiger partial charge in [0.05, 0.1) is 23.3 Å². The first kappa shape index (κ1) is 18.5. The molecule has 1 unspecified atom stereocenters. The summed E-state index contributed by atoms with van der Waals surface area (Å²) in [5.74, 6) is 0. The Kier molecular flexibility index (Phi) is 5.65. The average Bonchev–Trinajstić information content (AvgIpc) is 2.97. The molecule has 4 nitrogen and oxygen atoms in total. The highest BCUT2D eigenvalue weighted by Crippen LogP contribution is 2.25. The molecule has 0 saturated carbocycles. The summed E-state index contributed by atoms with van der Waals surface area (Å²) >= 11 is 1.64. The summed E-state index contributed by atoms with van der Waals surface area (Å²) in [6.45, 7) is 13.0. The fourth-order valence-corrected chi connectivity index (χ4v) is 3.38. The van der Waals surface area contributed by atoms with E-state index in [0.717, 1.165) is 16.3 Å². The van der Waals surface area contributed by atoms with Gasteiger partial charge in [0.25, 0.3) is 0 Å². The number of aryl methyl sites for hydroxylation is 1. The lowest BCUT2D eigenvalue weighted by molar-refractivity contribution is 0.237. The number of amides is 2. The second kappa shape index (κ2) is 7.34. The molecule has 1 atom stereocenters. The maximum atomic E-state index is 12.2. The number of carbonyl (C=O) groups excluding carboxylic acids is 1. The minimum Gasteiger partial charge on any atom is -0.332 e. The van der Waals surface area contributed by atoms with Gasteiger partial charge in [-0.15, -0.1) is 11.3 Å². The monoisotopic (exact) mass is 345 g/mol. The van der Waals surface area contributed by atoms with Crippen LogP contribution in [0.5, 0.6) is 0 Å². The van der Waals surface area contributed by atoms with Crippen molar-refractivity contribution in [2.24, 2.45) is 0 Å². The highest BCUT2D eigenvalue weighted by molar-refractivity contribution is 7.09. The van der Waals surface area contributed by atoms with E-state index in [0.29, 0.717) is 6.54 Å². The van der Waals surface area contributed by atoms with E-state index in [4.69, 9.17) is 0 Å². The molecule has 0 aliphatic heterocycles. The van der Waals surface area contributed by atoms with Crippen LogP contribution in [0.3, 0.4) is 0 Å². The molecule has 0 aliphatic rings. The molecular formula is C19H27N3OS. The number of hydrogen-bond acceptors (Lipinski definition) is 3. The predicted octanol–water partition coefficient (Wildman–Crippen LogP) is 4.62. The summed E-state index contributed by atoms with van der Waals surface area (Å²) in [4.78, 5) is 16.7. The van der Waals surface area contributed by atoms with Crippen molar-refractivity contribution in [3.8, 4) is 0 Å². The number of rotatable bonds is 4. The van der Waals surface area contributed by atoms with Crippen molar-refractivity contribution in [1.29, 1.82) is 0 Å². The Morgan fingerprint density at radius 2 is 2.00 bits per heavy atom. The standard InChI is InChI=1S/C19H27N3OS/c1-12-8-7-9-16(13(12)2)14(3)21-18(23)20-10-15-11-24-17(22-15)19(4,5)6/h7-9,11,14H,10H2,1-6H3,(H2,20,21,23). The van der Waals surface area contributed by atoms with Crippen LogP contribution in [0.15, 0.2) is 23.6 Å². The van der Waals surface area contributed by atoms with Crippen LogP contribution in [0.4, 0.5) is 4.79 Å². The largest absolute Gasteiger partial charge is 0.332 e. The molecule has 2 rings (SSSR count). The molecule has 0 fully saturated rings. The van der Waals surface area contributed by atoms with E-state index in [1.165, 1.54) is 11.1 Å². The first-order valence-electron chi connectivity index (χ1n) is 8.24. The molecule has 0 saturated heterocycles. The fourth-order valence-electron chi connectivity index (χ4n) is 2.47. The van der Waals surface area contributed by atoms with Crippen molar-refractivity contribution in [3.63, 3.8) is 0 Å². The van der Waals surface area contributed by atoms with Gasteiger partial charge >= 0.3 is 6.03 Å². The van der Waals surface area contributed by atoms with Crippen LogP contribution in [-0.2, 0) is 12.0 Å². The van der Waals surface area contributed by atoms with Crippen molar-refractivity contribution in [2.75, 3.05) is 0 Å². The molecule has 2 amide bonds. The lowest BCUT2D eigenvalue weighted by Gasteiger charge is -2.18. The van der Waals surface area contributed by atoms with Gasteiger partial charge in [-0.1, -0.05) is 39.0 Å². The van der Waals surface area contributed by atoms with E-state index in [1.54, 1.807) is 11.3 Å². The molecule has 1 aromatic carbocycles. The SMILES string of the molecule is Cc1cccc(C(C)NC(=O)NCc2csc(C(C)(C)C)n2)c1C. The first-order chi connectivity index (χ1) is 11.2. The van der Waals surface area contributed by atoms with Gasteiger partial charge in [0, 0.05) is 10.8 Å². The number of hydrogen-bond donors (Lipinski definition) is 2. The number of urea groups is 1. The second-order valence-corrected chi connectivity index (χ2v) is 8.09. The number of aromatic nitrogens is 1. The molecule has 2 aromatic rings. The van der Waals surface area contributed by atoms with E-state index in [2.05, 4.69) is 62.4 Å². The Hall–Kier alpha value is -1.88. The summed E-state index contributed by atoms with van der Waals surface area (Å²) in [5, 5.41) is 8.99. The van der Waals surface area contributed by atoms with Gasteiger partial charge in [0.15, 0.2) is 0 Å². The van der Waals surface area contributed by atoms with Gasteiger partial charge < -0.3 is 10.6 Å². The van der Waals surface area contributed by atoms with Crippen LogP contribution in [0, 0.1) is 13.8 Å². The zero-order valence-corrected chi connectivity index (χ0v) is 16.2. The van der Waals surface area contributed by atoms with Crippen LogP contribution >= 0.6 is 11.3 Å². The molecule has 0 radical (unpaired) electrons. The predicted molar refractivity (Wildman–Crippen MR) is 101 cm³/mol. The van der Waals surface area contributed by atoms with Crippen molar-refractivity contribution in [3.05, 3.63) is 51.0 Å². The van der Waals surface area contributed by atoms with Crippen molar-refractivity contribution < 1.29 is 4.79 Å². The third-order valence-corrected chi connectivity index (χ3v) is 5.40. The van der Waals surface area contributed by atoms with Gasteiger partial charge in [0.2, 0.25) is 0 Å². The topological polar surface area (TPSA) is 54.0 Å². The van der Waals surface area contributed by atoms with E-state index >= 15 is 0 Å². The van der Waals surface area contributed by atoms with E-state index < -0.39 is 0 Å². The van der Waals surface area contributed by atoms with E-state index in [1.807, 2.05) is 18.4 Å². The molecule has 1 heterocycles. The molecule has 24 heavy (non-hydrogen) atoms. The molecule has 130 valence electrons. The highest BCUT2D eigenvalue weighted by atomic mass is 32.1. The highest BCUT2D eigenvalue weighted by Gasteiger charge is 2.18. The van der Waals surface area contributed by atoms with Gasteiger partial charge in [-0.2, -0.15) is 0 Å². The molecular weight excluding hydrogens is 318 g/mol. The second-order valence-electron chi connectivity index (χ2n) is 7.23. The Labute approximate surface area is 148 Å². The summed E-state index contributed by atoms with van der Waals surface area (Å²) in [5.41, 5.74) is 4.55. The summed E-state index contributed by atoms with van der Waals surface area (Å²) in [6.07, 6.45) is 0. The number of thiazole rings is 1. The Balaban J connectivity index is 1.91. The Bertz CT molecular complexity index is 716. The third kappa shape index (κ3) is 4.57. The molecule has 5 heteroatoms. The quantitative estimate of drug-likeness (QED) is 0.849. The smallest absolute Gasteiger partial charge is 0.315 e. The van der Waals surface area contributed by atoms with E-state index in [-0.39, 0.29) is 17.5 Å². The van der Waals surface area contributed by atoms with E-state index in [9.17, 15) is 4.79 Å². The lowest BCUT2D eigenvalue weighted by atomic mass is 9.98. The molecule has 0 spiro atoms. The minimum atomic E-state index is -0.172. The van der Waals surface area contributed by atoms with Gasteiger partial charge in [0.1, 0.15) is 0 Å². The van der Waals surface area contributed by atoms with Crippen LogP contribution in [0.25, 0.3) is 0 Å². The number of nitrogens with one attached hydrogen (secondary N) is 2. The maximum absolute atomic E-state index is 12.2. The van der Waals surface area contributed by atoms with Crippen molar-refractivity contribution in [2.45, 2.75) is 59.5 Å². The average molecular weight is 346 g/mol. The number of nitrogens with zero attached hydrogens (tertiary/aromatic N) is 1. The van der Waals surface area contributed by atoms with Crippen molar-refractivity contribution in [1.82, 2.24) is 15.6 Å². The third-order valence-electron chi connectivity index (χ3n) is 4.08. The van der Waals surface area contributed by atoms with Crippen molar-refractivity contribution >= 4 is 17.4 Å². The van der Waals surface area contributed by atoms with Crippen LogP contribution < -0.4 is 10.6 Å². The molecule has 2 N–H and O–H groups in total. The summed E-state index contributed by atoms with van der Waals surface area (Å²) < 4.78 is 0.